The number of hydrogen-bond donors (Lipinski definition) is 3. The van der Waals surface area contributed by atoms with Crippen LogP contribution in [0.3, 0.4) is 0 Å². The first-order valence-electron chi connectivity index (χ1n) is 7.19. The number of hydrazine groups is 2. The van der Waals surface area contributed by atoms with Crippen LogP contribution in [-0.4, -0.2) is 30.3 Å². The predicted octanol–water partition coefficient (Wildman–Crippen LogP) is 2.35. The molecule has 0 heterocycles. The number of aromatic hydroxyl groups is 1. The topological polar surface area (TPSA) is 114 Å². The van der Waals surface area contributed by atoms with Gasteiger partial charge in [-0.2, -0.15) is 0 Å². The Morgan fingerprint density at radius 3 is 2.56 bits per heavy atom. The number of phenolic OH excluding ortho intramolecular Hbond substituents is 1. The molecule has 2 amide bonds. The van der Waals surface area contributed by atoms with E-state index in [-0.39, 0.29) is 12.4 Å². The fraction of sp³-hybridized carbons (Fsp3) is 0.188. The zero-order valence-corrected chi connectivity index (χ0v) is 15.4. The van der Waals surface area contributed by atoms with Crippen LogP contribution >= 0.6 is 15.9 Å². The molecule has 0 aliphatic heterocycles. The van der Waals surface area contributed by atoms with Gasteiger partial charge in [-0.3, -0.25) is 5.01 Å². The molecule has 0 aromatic heterocycles. The summed E-state index contributed by atoms with van der Waals surface area (Å²) in [4.78, 5) is 12.0. The average Bonchev–Trinajstić information content (AvgIpc) is 2.59. The number of nitrogens with two attached hydrogens (primary N) is 2. The summed E-state index contributed by atoms with van der Waals surface area (Å²) in [6.45, 7) is 0.0813. The smallest absolute Gasteiger partial charge is 0.352 e. The molecule has 0 spiro atoms. The van der Waals surface area contributed by atoms with Crippen LogP contribution in [0, 0.1) is 0 Å². The van der Waals surface area contributed by atoms with Gasteiger partial charge in [0.25, 0.3) is 0 Å². The summed E-state index contributed by atoms with van der Waals surface area (Å²) in [6.07, 6.45) is 0. The first-order chi connectivity index (χ1) is 11.8. The van der Waals surface area contributed by atoms with E-state index in [1.54, 1.807) is 24.3 Å². The molecule has 2 aromatic rings. The molecule has 0 aliphatic carbocycles. The number of hydrogen-bond acceptors (Lipinski definition) is 6. The number of halogens is 1. The summed E-state index contributed by atoms with van der Waals surface area (Å²) in [5.74, 6) is 12.5. The van der Waals surface area contributed by atoms with Crippen molar-refractivity contribution in [3.05, 3.63) is 46.4 Å². The molecule has 9 heteroatoms. The lowest BCUT2D eigenvalue weighted by Crippen LogP contribution is -2.49. The van der Waals surface area contributed by atoms with Crippen LogP contribution in [0.5, 0.6) is 17.2 Å². The van der Waals surface area contributed by atoms with E-state index in [0.29, 0.717) is 27.2 Å². The van der Waals surface area contributed by atoms with Crippen molar-refractivity contribution in [2.45, 2.75) is 6.61 Å². The Morgan fingerprint density at radius 2 is 1.96 bits per heavy atom. The minimum atomic E-state index is -0.597. The van der Waals surface area contributed by atoms with E-state index in [9.17, 15) is 9.90 Å². The van der Waals surface area contributed by atoms with Crippen LogP contribution in [0.4, 0.5) is 10.5 Å². The fourth-order valence-corrected chi connectivity index (χ4v) is 2.63. The lowest BCUT2D eigenvalue weighted by molar-refractivity contribution is 0.216. The Bertz CT molecular complexity index is 770. The Morgan fingerprint density at radius 1 is 1.24 bits per heavy atom. The van der Waals surface area contributed by atoms with Crippen molar-refractivity contribution in [2.75, 3.05) is 19.2 Å². The monoisotopic (exact) mass is 410 g/mol. The van der Waals surface area contributed by atoms with Crippen LogP contribution in [-0.2, 0) is 6.61 Å². The molecule has 0 saturated carbocycles. The molecule has 8 nitrogen and oxygen atoms in total. The maximum Gasteiger partial charge on any atom is 0.352 e. The molecule has 25 heavy (non-hydrogen) atoms. The van der Waals surface area contributed by atoms with Crippen molar-refractivity contribution >= 4 is 27.6 Å². The number of carbonyl (C=O) groups is 1. The van der Waals surface area contributed by atoms with Crippen molar-refractivity contribution in [3.8, 4) is 17.2 Å². The third-order valence-corrected chi connectivity index (χ3v) is 4.00. The summed E-state index contributed by atoms with van der Waals surface area (Å²) in [5.41, 5.74) is 0.972. The highest BCUT2D eigenvalue weighted by atomic mass is 79.9. The molecular formula is C16H19BrN4O4. The summed E-state index contributed by atoms with van der Waals surface area (Å²) >= 11 is 3.32. The Hall–Kier alpha value is -2.49. The third kappa shape index (κ3) is 4.32. The van der Waals surface area contributed by atoms with Gasteiger partial charge in [0.1, 0.15) is 23.9 Å². The summed E-state index contributed by atoms with van der Waals surface area (Å²) in [6, 6.07) is 9.14. The number of amides is 2. The van der Waals surface area contributed by atoms with Gasteiger partial charge in [0.05, 0.1) is 22.8 Å². The first-order valence-corrected chi connectivity index (χ1v) is 7.98. The number of nitrogens with zero attached hydrogens (tertiary/aromatic N) is 2. The number of carbonyl (C=O) groups excluding carboxylic acids is 1. The number of ether oxygens (including phenoxy) is 2. The average molecular weight is 411 g/mol. The molecule has 5 N–H and O–H groups in total. The van der Waals surface area contributed by atoms with E-state index >= 15 is 0 Å². The number of methoxy groups -OCH3 is 1. The van der Waals surface area contributed by atoms with Crippen LogP contribution in [0.25, 0.3) is 0 Å². The summed E-state index contributed by atoms with van der Waals surface area (Å²) < 4.78 is 11.7. The van der Waals surface area contributed by atoms with Crippen molar-refractivity contribution in [3.63, 3.8) is 0 Å². The van der Waals surface area contributed by atoms with Gasteiger partial charge >= 0.3 is 6.03 Å². The Kier molecular flexibility index (Phi) is 6.07. The molecule has 0 saturated heterocycles. The lowest BCUT2D eigenvalue weighted by atomic mass is 10.1. The van der Waals surface area contributed by atoms with E-state index in [1.807, 2.05) is 0 Å². The molecule has 2 aromatic carbocycles. The van der Waals surface area contributed by atoms with Gasteiger partial charge in [-0.1, -0.05) is 6.07 Å². The quantitative estimate of drug-likeness (QED) is 0.395. The van der Waals surface area contributed by atoms with Crippen LogP contribution in [0.1, 0.15) is 5.56 Å². The second kappa shape index (κ2) is 8.06. The third-order valence-electron chi connectivity index (χ3n) is 3.38. The number of phenols is 1. The standard InChI is InChI=1S/C16H19BrN4O4/c1-20(18)16(23)21(19)13-4-3-5-14(24-2)11(13)9-25-15-7-6-10(22)8-12(15)17/h3-8,22H,9,18-19H2,1-2H3. The number of rotatable bonds is 5. The molecule has 0 aliphatic rings. The predicted molar refractivity (Wildman–Crippen MR) is 97.1 cm³/mol. The van der Waals surface area contributed by atoms with Gasteiger partial charge in [-0.05, 0) is 46.3 Å². The van der Waals surface area contributed by atoms with Gasteiger partial charge in [0, 0.05) is 7.05 Å². The number of urea groups is 1. The fourth-order valence-electron chi connectivity index (χ4n) is 2.15. The maximum atomic E-state index is 12.0. The second-order valence-corrected chi connectivity index (χ2v) is 5.98. The zero-order valence-electron chi connectivity index (χ0n) is 13.8. The highest BCUT2D eigenvalue weighted by Crippen LogP contribution is 2.33. The van der Waals surface area contributed by atoms with Gasteiger partial charge in [-0.15, -0.1) is 0 Å². The molecule has 0 fully saturated rings. The molecule has 0 radical (unpaired) electrons. The normalized spacial score (nSPS) is 10.3. The van der Waals surface area contributed by atoms with E-state index in [4.69, 9.17) is 21.2 Å². The highest BCUT2D eigenvalue weighted by molar-refractivity contribution is 9.10. The van der Waals surface area contributed by atoms with Crippen molar-refractivity contribution < 1.29 is 19.4 Å². The Balaban J connectivity index is 2.33. The van der Waals surface area contributed by atoms with Crippen LogP contribution in [0.2, 0.25) is 0 Å². The van der Waals surface area contributed by atoms with E-state index in [0.717, 1.165) is 10.0 Å². The molecule has 134 valence electrons. The lowest BCUT2D eigenvalue weighted by Gasteiger charge is -2.24. The summed E-state index contributed by atoms with van der Waals surface area (Å²) in [5, 5.41) is 11.3. The number of anilines is 1. The molecule has 0 bridgehead atoms. The first kappa shape index (κ1) is 18.8. The van der Waals surface area contributed by atoms with Crippen molar-refractivity contribution in [1.82, 2.24) is 5.01 Å². The molecule has 0 atom stereocenters. The van der Waals surface area contributed by atoms with Crippen LogP contribution < -0.4 is 26.2 Å². The SMILES string of the molecule is COc1cccc(N(N)C(=O)N(C)N)c1COc1ccc(O)cc1Br. The molecular weight excluding hydrogens is 392 g/mol. The van der Waals surface area contributed by atoms with Gasteiger partial charge in [-0.25, -0.2) is 21.5 Å². The van der Waals surface area contributed by atoms with Gasteiger partial charge < -0.3 is 14.6 Å². The van der Waals surface area contributed by atoms with E-state index in [1.165, 1.54) is 26.3 Å². The molecule has 0 unspecified atom stereocenters. The van der Waals surface area contributed by atoms with Crippen molar-refractivity contribution in [2.24, 2.45) is 11.7 Å². The number of benzene rings is 2. The highest BCUT2D eigenvalue weighted by Gasteiger charge is 2.20. The second-order valence-electron chi connectivity index (χ2n) is 5.12. The van der Waals surface area contributed by atoms with Gasteiger partial charge in [0.2, 0.25) is 0 Å². The minimum absolute atomic E-state index is 0.0813. The minimum Gasteiger partial charge on any atom is -0.508 e. The van der Waals surface area contributed by atoms with E-state index in [2.05, 4.69) is 15.9 Å². The van der Waals surface area contributed by atoms with E-state index < -0.39 is 6.03 Å². The zero-order chi connectivity index (χ0) is 18.6. The largest absolute Gasteiger partial charge is 0.508 e. The van der Waals surface area contributed by atoms with Crippen molar-refractivity contribution in [1.29, 1.82) is 0 Å². The maximum absolute atomic E-state index is 12.0. The Labute approximate surface area is 153 Å². The van der Waals surface area contributed by atoms with Gasteiger partial charge in [0.15, 0.2) is 0 Å². The van der Waals surface area contributed by atoms with Crippen LogP contribution in [0.15, 0.2) is 40.9 Å². The summed E-state index contributed by atoms with van der Waals surface area (Å²) in [7, 11) is 2.91. The molecule has 2 rings (SSSR count).